The quantitative estimate of drug-likeness (QED) is 0.316. The monoisotopic (exact) mass is 613 g/mol. The lowest BCUT2D eigenvalue weighted by Crippen LogP contribution is -2.52. The number of ether oxygens (including phenoxy) is 1. The lowest BCUT2D eigenvalue weighted by atomic mass is 10.0. The van der Waals surface area contributed by atoms with Crippen LogP contribution in [0.25, 0.3) is 16.1 Å². The Kier molecular flexibility index (Phi) is 9.39. The van der Waals surface area contributed by atoms with Crippen LogP contribution in [-0.2, 0) is 4.74 Å². The summed E-state index contributed by atoms with van der Waals surface area (Å²) in [6.07, 6.45) is 3.74. The number of carbonyl (C=O) groups is 1. The molecule has 12 heteroatoms. The van der Waals surface area contributed by atoms with E-state index in [1.165, 1.54) is 18.2 Å². The third kappa shape index (κ3) is 7.01. The molecular formula is C33H40FN9O2. The van der Waals surface area contributed by atoms with E-state index in [0.717, 1.165) is 70.6 Å². The molecule has 1 amide bonds. The number of hydrogen-bond donors (Lipinski definition) is 3. The van der Waals surface area contributed by atoms with E-state index >= 15 is 4.39 Å². The van der Waals surface area contributed by atoms with Gasteiger partial charge in [0.25, 0.3) is 5.91 Å². The molecule has 1 aromatic heterocycles. The number of piperazine rings is 1. The highest BCUT2D eigenvalue weighted by Crippen LogP contribution is 2.38. The van der Waals surface area contributed by atoms with Gasteiger partial charge in [-0.05, 0) is 63.1 Å². The molecule has 6 rings (SSSR count). The molecule has 0 unspecified atom stereocenters. The molecule has 0 atom stereocenters. The van der Waals surface area contributed by atoms with Gasteiger partial charge in [0.05, 0.1) is 6.57 Å². The summed E-state index contributed by atoms with van der Waals surface area (Å²) >= 11 is 0. The molecule has 45 heavy (non-hydrogen) atoms. The molecule has 4 heterocycles. The van der Waals surface area contributed by atoms with Gasteiger partial charge in [-0.2, -0.15) is 0 Å². The zero-order valence-electron chi connectivity index (χ0n) is 25.6. The minimum Gasteiger partial charge on any atom is -0.381 e. The summed E-state index contributed by atoms with van der Waals surface area (Å²) in [4.78, 5) is 32.8. The minimum absolute atomic E-state index is 0.00178. The number of nitrogens with one attached hydrogen (secondary N) is 2. The van der Waals surface area contributed by atoms with E-state index in [2.05, 4.69) is 54.3 Å². The van der Waals surface area contributed by atoms with Crippen molar-refractivity contribution in [1.82, 2.24) is 19.8 Å². The van der Waals surface area contributed by atoms with Crippen LogP contribution in [0.4, 0.5) is 33.1 Å². The van der Waals surface area contributed by atoms with Crippen molar-refractivity contribution in [2.75, 3.05) is 75.1 Å². The van der Waals surface area contributed by atoms with Gasteiger partial charge in [0.15, 0.2) is 23.0 Å². The average Bonchev–Trinajstić information content (AvgIpc) is 3.06. The number of hydrogen-bond acceptors (Lipinski definition) is 9. The van der Waals surface area contributed by atoms with Gasteiger partial charge in [0.1, 0.15) is 11.5 Å². The average molecular weight is 614 g/mol. The van der Waals surface area contributed by atoms with E-state index in [9.17, 15) is 4.79 Å². The molecule has 3 aliphatic rings. The Balaban J connectivity index is 1.23. The maximum atomic E-state index is 15.2. The molecule has 3 aromatic rings. The second-order valence-corrected chi connectivity index (χ2v) is 12.0. The van der Waals surface area contributed by atoms with Gasteiger partial charge >= 0.3 is 0 Å². The summed E-state index contributed by atoms with van der Waals surface area (Å²) in [7, 11) is 2.19. The van der Waals surface area contributed by atoms with Crippen molar-refractivity contribution < 1.29 is 13.9 Å². The number of anilines is 4. The molecule has 0 aliphatic carbocycles. The number of aromatic nitrogens is 2. The number of piperidine rings is 1. The molecule has 0 spiro atoms. The van der Waals surface area contributed by atoms with Crippen molar-refractivity contribution in [1.29, 1.82) is 0 Å². The van der Waals surface area contributed by atoms with Crippen molar-refractivity contribution >= 4 is 34.6 Å². The Morgan fingerprint density at radius 3 is 2.36 bits per heavy atom. The molecule has 0 saturated carbocycles. The summed E-state index contributed by atoms with van der Waals surface area (Å²) in [5, 5.41) is 6.59. The highest BCUT2D eigenvalue weighted by atomic mass is 19.1. The van der Waals surface area contributed by atoms with Crippen LogP contribution in [0.15, 0.2) is 42.5 Å². The van der Waals surface area contributed by atoms with Crippen molar-refractivity contribution in [2.45, 2.75) is 37.8 Å². The number of benzene rings is 2. The number of nitrogens with zero attached hydrogens (tertiary/aromatic N) is 6. The normalized spacial score (nSPS) is 18.8. The van der Waals surface area contributed by atoms with Gasteiger partial charge in [-0.1, -0.05) is 12.1 Å². The molecule has 0 bridgehead atoms. The Morgan fingerprint density at radius 2 is 1.69 bits per heavy atom. The van der Waals surface area contributed by atoms with Gasteiger partial charge < -0.3 is 30.9 Å². The van der Waals surface area contributed by atoms with Gasteiger partial charge in [-0.25, -0.2) is 19.2 Å². The lowest BCUT2D eigenvalue weighted by Gasteiger charge is -2.42. The molecule has 3 fully saturated rings. The fourth-order valence-electron chi connectivity index (χ4n) is 6.41. The highest BCUT2D eigenvalue weighted by molar-refractivity contribution is 5.98. The van der Waals surface area contributed by atoms with Crippen molar-refractivity contribution in [3.63, 3.8) is 0 Å². The lowest BCUT2D eigenvalue weighted by molar-refractivity contribution is 0.0904. The second kappa shape index (κ2) is 13.8. The van der Waals surface area contributed by atoms with Gasteiger partial charge in [-0.15, -0.1) is 0 Å². The van der Waals surface area contributed by atoms with E-state index in [0.29, 0.717) is 24.9 Å². The zero-order valence-corrected chi connectivity index (χ0v) is 25.6. The molecule has 3 aliphatic heterocycles. The number of nitrogens with two attached hydrogens (primary N) is 1. The van der Waals surface area contributed by atoms with E-state index in [1.807, 2.05) is 12.1 Å². The Labute approximate surface area is 263 Å². The third-order valence-electron chi connectivity index (χ3n) is 9.05. The second-order valence-electron chi connectivity index (χ2n) is 12.0. The van der Waals surface area contributed by atoms with Crippen molar-refractivity contribution in [3.8, 4) is 11.3 Å². The summed E-state index contributed by atoms with van der Waals surface area (Å²) < 4.78 is 20.7. The van der Waals surface area contributed by atoms with E-state index in [4.69, 9.17) is 22.0 Å². The van der Waals surface area contributed by atoms with Gasteiger partial charge in [0, 0.05) is 81.5 Å². The minimum atomic E-state index is -0.815. The number of rotatable bonds is 8. The number of amides is 1. The maximum Gasteiger partial charge on any atom is 0.271 e. The van der Waals surface area contributed by atoms with Crippen molar-refractivity contribution in [2.24, 2.45) is 5.73 Å². The first-order valence-electron chi connectivity index (χ1n) is 15.7. The van der Waals surface area contributed by atoms with Crippen LogP contribution in [-0.4, -0.2) is 97.3 Å². The summed E-state index contributed by atoms with van der Waals surface area (Å²) in [5.41, 5.74) is 7.59. The first-order valence-corrected chi connectivity index (χ1v) is 15.7. The van der Waals surface area contributed by atoms with E-state index in [1.54, 1.807) is 0 Å². The fraction of sp³-hybridized carbons (Fsp3) is 0.455. The van der Waals surface area contributed by atoms with Crippen molar-refractivity contribution in [3.05, 3.63) is 65.4 Å². The Bertz CT molecular complexity index is 1540. The van der Waals surface area contributed by atoms with Crippen LogP contribution in [0.2, 0.25) is 0 Å². The van der Waals surface area contributed by atoms with Crippen LogP contribution in [0.3, 0.4) is 0 Å². The van der Waals surface area contributed by atoms with Crippen LogP contribution in [0.1, 0.15) is 36.2 Å². The van der Waals surface area contributed by atoms with Crippen LogP contribution in [0.5, 0.6) is 0 Å². The first kappa shape index (κ1) is 30.7. The maximum absolute atomic E-state index is 15.2. The SMILES string of the molecule is [C-]#[N+]c1cccc(F)c1-c1nc(C(N)=O)c(Nc2ccc(N3CCC(N4CCN(C)CC4)CC3)cc2)nc1NC1CCOCC1. The molecule has 236 valence electrons. The number of halogens is 1. The topological polar surface area (TPSA) is 116 Å². The molecule has 4 N–H and O–H groups in total. The van der Waals surface area contributed by atoms with Crippen LogP contribution in [0, 0.1) is 12.4 Å². The van der Waals surface area contributed by atoms with E-state index < -0.39 is 11.7 Å². The zero-order chi connectivity index (χ0) is 31.3. The molecule has 2 aromatic carbocycles. The Hall–Kier alpha value is -4.31. The molecule has 0 radical (unpaired) electrons. The number of likely N-dealkylation sites (N-methyl/N-ethyl adjacent to an activating group) is 1. The van der Waals surface area contributed by atoms with E-state index in [-0.39, 0.29) is 40.3 Å². The summed E-state index contributed by atoms with van der Waals surface area (Å²) in [5.74, 6) is -1.02. The van der Waals surface area contributed by atoms with Gasteiger partial charge in [-0.3, -0.25) is 9.69 Å². The molecule has 11 nitrogen and oxygen atoms in total. The largest absolute Gasteiger partial charge is 0.381 e. The molecule has 3 saturated heterocycles. The van der Waals surface area contributed by atoms with Gasteiger partial charge in [0.2, 0.25) is 0 Å². The number of primary amides is 1. The third-order valence-corrected chi connectivity index (χ3v) is 9.05. The first-order chi connectivity index (χ1) is 21.9. The smallest absolute Gasteiger partial charge is 0.271 e. The predicted octanol–water partition coefficient (Wildman–Crippen LogP) is 4.48. The van der Waals surface area contributed by atoms with Crippen LogP contribution >= 0.6 is 0 Å². The standard InChI is InChI=1S/C33H40FN9O2/c1-36-27-5-3-4-26(34)28(27)29-32(38-23-12-20-45-21-13-23)40-33(30(39-29)31(35)44)37-22-6-8-24(9-7-22)42-14-10-25(11-15-42)43-18-16-41(2)17-19-43/h3-9,23,25H,10-21H2,2H3,(H2,35,44)(H2,37,38,40). The highest BCUT2D eigenvalue weighted by Gasteiger charge is 2.28. The Morgan fingerprint density at radius 1 is 0.978 bits per heavy atom. The molecular weight excluding hydrogens is 573 g/mol. The summed E-state index contributed by atoms with van der Waals surface area (Å²) in [6.45, 7) is 15.3. The predicted molar refractivity (Wildman–Crippen MR) is 174 cm³/mol. The van der Waals surface area contributed by atoms with Crippen LogP contribution < -0.4 is 21.3 Å². The fourth-order valence-corrected chi connectivity index (χ4v) is 6.41. The number of carbonyl (C=O) groups excluding carboxylic acids is 1. The summed E-state index contributed by atoms with van der Waals surface area (Å²) in [6, 6.07) is 12.9.